The van der Waals surface area contributed by atoms with Crippen molar-refractivity contribution in [3.05, 3.63) is 70.2 Å². The van der Waals surface area contributed by atoms with Gasteiger partial charge < -0.3 is 5.11 Å². The Labute approximate surface area is 163 Å². The summed E-state index contributed by atoms with van der Waals surface area (Å²) in [5.41, 5.74) is 1.13. The normalized spacial score (nSPS) is 17.6. The van der Waals surface area contributed by atoms with Crippen LogP contribution in [-0.4, -0.2) is 21.8 Å². The molecule has 0 bridgehead atoms. The maximum absolute atomic E-state index is 13.1. The number of aliphatic hydroxyl groups excluding tert-OH is 1. The molecule has 27 heavy (non-hydrogen) atoms. The van der Waals surface area contributed by atoms with Gasteiger partial charge in [-0.15, -0.1) is 0 Å². The molecule has 140 valence electrons. The first-order chi connectivity index (χ1) is 12.6. The summed E-state index contributed by atoms with van der Waals surface area (Å²) in [5, 5.41) is 11.1. The van der Waals surface area contributed by atoms with Crippen molar-refractivity contribution < 1.29 is 14.7 Å². The summed E-state index contributed by atoms with van der Waals surface area (Å²) in [6.07, 6.45) is 1.59. The van der Waals surface area contributed by atoms with Crippen LogP contribution in [0.15, 0.2) is 53.9 Å². The molecule has 1 unspecified atom stereocenters. The Morgan fingerprint density at radius 3 is 2.52 bits per heavy atom. The van der Waals surface area contributed by atoms with Gasteiger partial charge >= 0.3 is 0 Å². The van der Waals surface area contributed by atoms with Crippen LogP contribution < -0.4 is 4.90 Å². The van der Waals surface area contributed by atoms with Gasteiger partial charge in [-0.25, -0.2) is 0 Å². The predicted molar refractivity (Wildman–Crippen MR) is 105 cm³/mol. The second kappa shape index (κ2) is 6.82. The maximum atomic E-state index is 13.1. The molecule has 1 aliphatic heterocycles. The fourth-order valence-corrected chi connectivity index (χ4v) is 3.32. The lowest BCUT2D eigenvalue weighted by atomic mass is 9.83. The van der Waals surface area contributed by atoms with Crippen LogP contribution in [-0.2, 0) is 9.59 Å². The Kier molecular flexibility index (Phi) is 4.82. The number of aliphatic hydroxyl groups is 1. The molecule has 1 aromatic heterocycles. The second-order valence-corrected chi connectivity index (χ2v) is 8.04. The zero-order chi connectivity index (χ0) is 19.9. The third-order valence-electron chi connectivity index (χ3n) is 4.53. The highest BCUT2D eigenvalue weighted by Gasteiger charge is 2.47. The van der Waals surface area contributed by atoms with Gasteiger partial charge in [0.2, 0.25) is 0 Å². The van der Waals surface area contributed by atoms with E-state index in [2.05, 4.69) is 4.98 Å². The third-order valence-corrected chi connectivity index (χ3v) is 4.77. The molecule has 1 aromatic carbocycles. The average Bonchev–Trinajstić information content (AvgIpc) is 2.88. The highest BCUT2D eigenvalue weighted by Crippen LogP contribution is 2.44. The summed E-state index contributed by atoms with van der Waals surface area (Å²) in [6, 6.07) is 9.63. The van der Waals surface area contributed by atoms with Crippen molar-refractivity contribution in [2.24, 2.45) is 5.41 Å². The minimum atomic E-state index is -0.817. The van der Waals surface area contributed by atoms with Gasteiger partial charge in [-0.3, -0.25) is 19.5 Å². The fraction of sp³-hybridized carbons (Fsp3) is 0.286. The molecule has 0 spiro atoms. The molecular formula is C21H21ClN2O3. The molecule has 3 rings (SSSR count). The molecule has 1 atom stereocenters. The summed E-state index contributed by atoms with van der Waals surface area (Å²) < 4.78 is 0. The summed E-state index contributed by atoms with van der Waals surface area (Å²) >= 11 is 6.15. The van der Waals surface area contributed by atoms with Crippen LogP contribution in [0.2, 0.25) is 5.02 Å². The summed E-state index contributed by atoms with van der Waals surface area (Å²) in [5.74, 6) is -1.47. The number of Topliss-reactive ketones (excluding diaryl/α,β-unsaturated/α-hetero) is 1. The number of benzene rings is 1. The molecule has 0 radical (unpaired) electrons. The van der Waals surface area contributed by atoms with Crippen molar-refractivity contribution in [2.45, 2.75) is 33.7 Å². The first kappa shape index (κ1) is 19.1. The highest BCUT2D eigenvalue weighted by atomic mass is 35.5. The van der Waals surface area contributed by atoms with Gasteiger partial charge in [-0.05, 0) is 36.8 Å². The highest BCUT2D eigenvalue weighted by molar-refractivity contribution is 6.31. The summed E-state index contributed by atoms with van der Waals surface area (Å²) in [6.45, 7) is 7.10. The van der Waals surface area contributed by atoms with Crippen LogP contribution in [0.5, 0.6) is 0 Å². The van der Waals surface area contributed by atoms with Crippen LogP contribution in [0.1, 0.15) is 38.1 Å². The SMILES string of the molecule is Cc1ccc(Cl)cc1N1C(=O)C(O)=C(C(=O)C(C)(C)C)C1c1ccccn1. The molecule has 2 heterocycles. The fourth-order valence-electron chi connectivity index (χ4n) is 3.15. The van der Waals surface area contributed by atoms with Crippen LogP contribution in [0.4, 0.5) is 5.69 Å². The first-order valence-corrected chi connectivity index (χ1v) is 8.99. The molecule has 0 aliphatic carbocycles. The zero-order valence-electron chi connectivity index (χ0n) is 15.7. The number of anilines is 1. The number of hydrogen-bond acceptors (Lipinski definition) is 4. The molecule has 5 nitrogen and oxygen atoms in total. The van der Waals surface area contributed by atoms with E-state index in [0.29, 0.717) is 16.4 Å². The number of aryl methyl sites for hydroxylation is 1. The number of rotatable bonds is 3. The smallest absolute Gasteiger partial charge is 0.294 e. The number of halogens is 1. The Balaban J connectivity index is 2.25. The van der Waals surface area contributed by atoms with Gasteiger partial charge in [0, 0.05) is 22.3 Å². The summed E-state index contributed by atoms with van der Waals surface area (Å²) in [7, 11) is 0. The van der Waals surface area contributed by atoms with Gasteiger partial charge in [0.05, 0.1) is 11.3 Å². The molecular weight excluding hydrogens is 364 g/mol. The molecule has 0 saturated heterocycles. The number of amides is 1. The number of ketones is 1. The van der Waals surface area contributed by atoms with Crippen LogP contribution in [0, 0.1) is 12.3 Å². The number of aromatic nitrogens is 1. The van der Waals surface area contributed by atoms with E-state index in [0.717, 1.165) is 5.56 Å². The second-order valence-electron chi connectivity index (χ2n) is 7.60. The lowest BCUT2D eigenvalue weighted by molar-refractivity contribution is -0.123. The van der Waals surface area contributed by atoms with E-state index in [9.17, 15) is 14.7 Å². The zero-order valence-corrected chi connectivity index (χ0v) is 16.4. The largest absolute Gasteiger partial charge is 0.503 e. The van der Waals surface area contributed by atoms with Gasteiger partial charge in [0.25, 0.3) is 5.91 Å². The van der Waals surface area contributed by atoms with E-state index in [-0.39, 0.29) is 11.4 Å². The minimum Gasteiger partial charge on any atom is -0.503 e. The summed E-state index contributed by atoms with van der Waals surface area (Å²) in [4.78, 5) is 31.8. The van der Waals surface area contributed by atoms with Crippen molar-refractivity contribution in [3.63, 3.8) is 0 Å². The topological polar surface area (TPSA) is 70.5 Å². The molecule has 1 N–H and O–H groups in total. The van der Waals surface area contributed by atoms with E-state index < -0.39 is 23.1 Å². The molecule has 0 saturated carbocycles. The molecule has 0 fully saturated rings. The van der Waals surface area contributed by atoms with Gasteiger partial charge in [0.15, 0.2) is 11.5 Å². The van der Waals surface area contributed by atoms with Crippen molar-refractivity contribution in [2.75, 3.05) is 4.90 Å². The Morgan fingerprint density at radius 2 is 1.93 bits per heavy atom. The van der Waals surface area contributed by atoms with Crippen LogP contribution in [0.25, 0.3) is 0 Å². The molecule has 2 aromatic rings. The Morgan fingerprint density at radius 1 is 1.22 bits per heavy atom. The number of nitrogens with zero attached hydrogens (tertiary/aromatic N) is 2. The Bertz CT molecular complexity index is 946. The number of pyridine rings is 1. The molecule has 6 heteroatoms. The van der Waals surface area contributed by atoms with E-state index in [1.165, 1.54) is 4.90 Å². The lowest BCUT2D eigenvalue weighted by Gasteiger charge is -2.29. The van der Waals surface area contributed by atoms with Crippen molar-refractivity contribution in [1.29, 1.82) is 0 Å². The van der Waals surface area contributed by atoms with E-state index in [1.54, 1.807) is 63.4 Å². The van der Waals surface area contributed by atoms with Crippen LogP contribution >= 0.6 is 11.6 Å². The van der Waals surface area contributed by atoms with E-state index in [4.69, 9.17) is 11.6 Å². The van der Waals surface area contributed by atoms with Crippen molar-refractivity contribution >= 4 is 29.0 Å². The van der Waals surface area contributed by atoms with Gasteiger partial charge in [0.1, 0.15) is 6.04 Å². The monoisotopic (exact) mass is 384 g/mol. The van der Waals surface area contributed by atoms with Gasteiger partial charge in [-0.2, -0.15) is 0 Å². The quantitative estimate of drug-likeness (QED) is 0.842. The van der Waals surface area contributed by atoms with E-state index in [1.807, 2.05) is 6.92 Å². The third kappa shape index (κ3) is 3.35. The number of hydrogen-bond donors (Lipinski definition) is 1. The molecule has 1 amide bonds. The maximum Gasteiger partial charge on any atom is 0.294 e. The average molecular weight is 385 g/mol. The predicted octanol–water partition coefficient (Wildman–Crippen LogP) is 4.56. The van der Waals surface area contributed by atoms with Crippen molar-refractivity contribution in [3.8, 4) is 0 Å². The molecule has 1 aliphatic rings. The van der Waals surface area contributed by atoms with E-state index >= 15 is 0 Å². The minimum absolute atomic E-state index is 0.0607. The standard InChI is InChI=1S/C21H21ClN2O3/c1-12-8-9-13(22)11-15(12)24-17(14-7-5-6-10-23-14)16(18(25)20(24)27)19(26)21(2,3)4/h5-11,17,25H,1-4H3. The first-order valence-electron chi connectivity index (χ1n) is 8.61. The van der Waals surface area contributed by atoms with Crippen molar-refractivity contribution in [1.82, 2.24) is 4.98 Å². The van der Waals surface area contributed by atoms with Crippen LogP contribution in [0.3, 0.4) is 0 Å². The Hall–Kier alpha value is -2.66. The van der Waals surface area contributed by atoms with Gasteiger partial charge in [-0.1, -0.05) is 44.5 Å². The number of carbonyl (C=O) groups is 2. The number of carbonyl (C=O) groups excluding carboxylic acids is 2. The lowest BCUT2D eigenvalue weighted by Crippen LogP contribution is -2.33.